The van der Waals surface area contributed by atoms with E-state index in [9.17, 15) is 4.79 Å². The van der Waals surface area contributed by atoms with Crippen molar-refractivity contribution in [1.82, 2.24) is 10.2 Å². The fourth-order valence-electron chi connectivity index (χ4n) is 2.52. The molecule has 1 amide bonds. The van der Waals surface area contributed by atoms with Gasteiger partial charge < -0.3 is 15.0 Å². The molecule has 1 N–H and O–H groups in total. The Balaban J connectivity index is 2.08. The molecular formula is C15H22N2O2. The van der Waals surface area contributed by atoms with Crippen molar-refractivity contribution in [3.63, 3.8) is 0 Å². The lowest BCUT2D eigenvalue weighted by molar-refractivity contribution is -0.134. The van der Waals surface area contributed by atoms with Crippen molar-refractivity contribution in [3.8, 4) is 5.75 Å². The Labute approximate surface area is 114 Å². The highest BCUT2D eigenvalue weighted by Gasteiger charge is 2.28. The molecule has 0 aliphatic carbocycles. The Kier molecular flexibility index (Phi) is 4.43. The number of hydrogen-bond acceptors (Lipinski definition) is 3. The summed E-state index contributed by atoms with van der Waals surface area (Å²) in [6.07, 6.45) is 0.404. The fourth-order valence-corrected chi connectivity index (χ4v) is 2.52. The van der Waals surface area contributed by atoms with Crippen LogP contribution in [0.3, 0.4) is 0 Å². The molecule has 0 bridgehead atoms. The first-order valence-electron chi connectivity index (χ1n) is 6.78. The molecule has 4 heteroatoms. The third-order valence-electron chi connectivity index (χ3n) is 3.89. The molecule has 19 heavy (non-hydrogen) atoms. The Morgan fingerprint density at radius 1 is 1.42 bits per heavy atom. The minimum atomic E-state index is 0.172. The predicted molar refractivity (Wildman–Crippen MR) is 75.3 cm³/mol. The van der Waals surface area contributed by atoms with Gasteiger partial charge in [0.15, 0.2) is 0 Å². The number of benzene rings is 1. The van der Waals surface area contributed by atoms with E-state index >= 15 is 0 Å². The molecule has 0 aromatic heterocycles. The van der Waals surface area contributed by atoms with Crippen LogP contribution in [0, 0.1) is 0 Å². The second-order valence-electron chi connectivity index (χ2n) is 5.06. The van der Waals surface area contributed by atoms with Crippen molar-refractivity contribution in [2.45, 2.75) is 32.4 Å². The van der Waals surface area contributed by atoms with Gasteiger partial charge in [-0.05, 0) is 19.9 Å². The van der Waals surface area contributed by atoms with Crippen molar-refractivity contribution < 1.29 is 9.53 Å². The van der Waals surface area contributed by atoms with Gasteiger partial charge in [-0.25, -0.2) is 0 Å². The summed E-state index contributed by atoms with van der Waals surface area (Å²) in [5, 5.41) is 3.38. The maximum atomic E-state index is 12.4. The molecular weight excluding hydrogens is 240 g/mol. The lowest BCUT2D eigenvalue weighted by Gasteiger charge is -2.38. The molecule has 1 fully saturated rings. The number of piperazine rings is 1. The molecule has 2 rings (SSSR count). The first-order chi connectivity index (χ1) is 9.13. The Hall–Kier alpha value is -1.55. The summed E-state index contributed by atoms with van der Waals surface area (Å²) < 4.78 is 5.30. The first-order valence-corrected chi connectivity index (χ1v) is 6.78. The van der Waals surface area contributed by atoms with E-state index in [1.165, 1.54) is 0 Å². The zero-order chi connectivity index (χ0) is 13.8. The third-order valence-corrected chi connectivity index (χ3v) is 3.89. The van der Waals surface area contributed by atoms with Crippen molar-refractivity contribution in [2.75, 3.05) is 20.2 Å². The maximum Gasteiger partial charge on any atom is 0.227 e. The number of carbonyl (C=O) groups excluding carboxylic acids is 1. The van der Waals surface area contributed by atoms with Crippen LogP contribution in [-0.4, -0.2) is 43.1 Å². The molecule has 104 valence electrons. The third kappa shape index (κ3) is 3.07. The lowest BCUT2D eigenvalue weighted by Crippen LogP contribution is -2.57. The normalized spacial score (nSPS) is 23.2. The van der Waals surface area contributed by atoms with E-state index in [1.54, 1.807) is 7.11 Å². The summed E-state index contributed by atoms with van der Waals surface area (Å²) in [4.78, 5) is 14.4. The monoisotopic (exact) mass is 262 g/mol. The smallest absolute Gasteiger partial charge is 0.227 e. The molecule has 1 aromatic rings. The SMILES string of the molecule is COc1ccccc1CC(=O)N1CCNC(C)C1C. The van der Waals surface area contributed by atoms with Crippen LogP contribution in [0.15, 0.2) is 24.3 Å². The summed E-state index contributed by atoms with van der Waals surface area (Å²) >= 11 is 0. The molecule has 1 aromatic carbocycles. The molecule has 1 aliphatic heterocycles. The van der Waals surface area contributed by atoms with E-state index in [2.05, 4.69) is 19.2 Å². The Morgan fingerprint density at radius 2 is 2.16 bits per heavy atom. The highest BCUT2D eigenvalue weighted by molar-refractivity contribution is 5.80. The van der Waals surface area contributed by atoms with Crippen LogP contribution in [0.25, 0.3) is 0 Å². The van der Waals surface area contributed by atoms with E-state index in [4.69, 9.17) is 4.74 Å². The molecule has 1 heterocycles. The highest BCUT2D eigenvalue weighted by Crippen LogP contribution is 2.19. The quantitative estimate of drug-likeness (QED) is 0.896. The zero-order valence-electron chi connectivity index (χ0n) is 11.8. The Morgan fingerprint density at radius 3 is 2.89 bits per heavy atom. The van der Waals surface area contributed by atoms with Crippen LogP contribution in [0.1, 0.15) is 19.4 Å². The number of carbonyl (C=O) groups is 1. The van der Waals surface area contributed by atoms with Crippen molar-refractivity contribution in [2.24, 2.45) is 0 Å². The largest absolute Gasteiger partial charge is 0.496 e. The minimum Gasteiger partial charge on any atom is -0.496 e. The predicted octanol–water partition coefficient (Wildman–Crippen LogP) is 1.45. The summed E-state index contributed by atoms with van der Waals surface area (Å²) in [5.41, 5.74) is 0.952. The van der Waals surface area contributed by atoms with Crippen LogP contribution < -0.4 is 10.1 Å². The molecule has 4 nitrogen and oxygen atoms in total. The zero-order valence-corrected chi connectivity index (χ0v) is 11.8. The van der Waals surface area contributed by atoms with E-state index in [0.29, 0.717) is 12.5 Å². The van der Waals surface area contributed by atoms with Gasteiger partial charge in [-0.3, -0.25) is 4.79 Å². The standard InChI is InChI=1S/C15H22N2O2/c1-11-12(2)17(9-8-16-11)15(18)10-13-6-4-5-7-14(13)19-3/h4-7,11-12,16H,8-10H2,1-3H3. The Bertz CT molecular complexity index is 448. The van der Waals surface area contributed by atoms with Gasteiger partial charge in [0.2, 0.25) is 5.91 Å². The number of nitrogens with zero attached hydrogens (tertiary/aromatic N) is 1. The van der Waals surface area contributed by atoms with Gasteiger partial charge in [0.1, 0.15) is 5.75 Å². The van der Waals surface area contributed by atoms with Crippen LogP contribution in [-0.2, 0) is 11.2 Å². The second kappa shape index (κ2) is 6.06. The average molecular weight is 262 g/mol. The molecule has 0 radical (unpaired) electrons. The van der Waals surface area contributed by atoms with Gasteiger partial charge in [0.25, 0.3) is 0 Å². The van der Waals surface area contributed by atoms with Crippen LogP contribution in [0.5, 0.6) is 5.75 Å². The minimum absolute atomic E-state index is 0.172. The summed E-state index contributed by atoms with van der Waals surface area (Å²) in [6, 6.07) is 8.28. The number of amides is 1. The molecule has 2 atom stereocenters. The van der Waals surface area contributed by atoms with Gasteiger partial charge >= 0.3 is 0 Å². The molecule has 0 saturated carbocycles. The van der Waals surface area contributed by atoms with E-state index < -0.39 is 0 Å². The molecule has 0 spiro atoms. The molecule has 1 aliphatic rings. The lowest BCUT2D eigenvalue weighted by atomic mass is 10.0. The van der Waals surface area contributed by atoms with Gasteiger partial charge in [-0.1, -0.05) is 18.2 Å². The number of para-hydroxylation sites is 1. The molecule has 1 saturated heterocycles. The van der Waals surface area contributed by atoms with E-state index in [0.717, 1.165) is 24.4 Å². The number of nitrogens with one attached hydrogen (secondary N) is 1. The number of rotatable bonds is 3. The maximum absolute atomic E-state index is 12.4. The molecule has 2 unspecified atom stereocenters. The summed E-state index contributed by atoms with van der Waals surface area (Å²) in [5.74, 6) is 0.956. The van der Waals surface area contributed by atoms with Gasteiger partial charge in [0, 0.05) is 30.7 Å². The summed E-state index contributed by atoms with van der Waals surface area (Å²) in [7, 11) is 1.64. The van der Waals surface area contributed by atoms with Crippen LogP contribution in [0.2, 0.25) is 0 Å². The van der Waals surface area contributed by atoms with Crippen LogP contribution >= 0.6 is 0 Å². The first kappa shape index (κ1) is 13.9. The second-order valence-corrected chi connectivity index (χ2v) is 5.06. The van der Waals surface area contributed by atoms with E-state index in [1.807, 2.05) is 29.2 Å². The number of ether oxygens (including phenoxy) is 1. The van der Waals surface area contributed by atoms with E-state index in [-0.39, 0.29) is 11.9 Å². The number of hydrogen-bond donors (Lipinski definition) is 1. The highest BCUT2D eigenvalue weighted by atomic mass is 16.5. The van der Waals surface area contributed by atoms with Gasteiger partial charge in [-0.2, -0.15) is 0 Å². The van der Waals surface area contributed by atoms with Gasteiger partial charge in [0.05, 0.1) is 13.5 Å². The van der Waals surface area contributed by atoms with Crippen molar-refractivity contribution in [3.05, 3.63) is 29.8 Å². The van der Waals surface area contributed by atoms with Crippen molar-refractivity contribution >= 4 is 5.91 Å². The fraction of sp³-hybridized carbons (Fsp3) is 0.533. The number of methoxy groups -OCH3 is 1. The summed E-state index contributed by atoms with van der Waals surface area (Å²) in [6.45, 7) is 5.85. The van der Waals surface area contributed by atoms with Gasteiger partial charge in [-0.15, -0.1) is 0 Å². The topological polar surface area (TPSA) is 41.6 Å². The van der Waals surface area contributed by atoms with Crippen molar-refractivity contribution in [1.29, 1.82) is 0 Å². The average Bonchev–Trinajstić information content (AvgIpc) is 2.42. The van der Waals surface area contributed by atoms with Crippen LogP contribution in [0.4, 0.5) is 0 Å².